The van der Waals surface area contributed by atoms with Gasteiger partial charge in [-0.05, 0) is 35.9 Å². The van der Waals surface area contributed by atoms with Crippen molar-refractivity contribution in [2.24, 2.45) is 0 Å². The SMILES string of the molecule is COc1ccccc1Oc1ncccc1CNC(=O)[C@@H](O)c1ccc(F)cc1. The molecular weight excluding hydrogens is 363 g/mol. The predicted octanol–water partition coefficient (Wildman–Crippen LogP) is 3.37. The van der Waals surface area contributed by atoms with Gasteiger partial charge in [-0.2, -0.15) is 0 Å². The first-order valence-electron chi connectivity index (χ1n) is 8.54. The van der Waals surface area contributed by atoms with Crippen molar-refractivity contribution in [2.45, 2.75) is 12.6 Å². The van der Waals surface area contributed by atoms with Gasteiger partial charge in [-0.15, -0.1) is 0 Å². The number of amides is 1. The van der Waals surface area contributed by atoms with Crippen LogP contribution in [0, 0.1) is 5.82 Å². The fraction of sp³-hybridized carbons (Fsp3) is 0.143. The van der Waals surface area contributed by atoms with Crippen molar-refractivity contribution in [3.05, 3.63) is 83.8 Å². The lowest BCUT2D eigenvalue weighted by Crippen LogP contribution is -2.29. The number of hydrogen-bond donors (Lipinski definition) is 2. The van der Waals surface area contributed by atoms with Crippen LogP contribution in [0.5, 0.6) is 17.4 Å². The third-order valence-electron chi connectivity index (χ3n) is 4.01. The van der Waals surface area contributed by atoms with Crippen LogP contribution in [-0.4, -0.2) is 23.1 Å². The number of ether oxygens (including phenoxy) is 2. The third kappa shape index (κ3) is 4.63. The van der Waals surface area contributed by atoms with Crippen LogP contribution in [0.3, 0.4) is 0 Å². The predicted molar refractivity (Wildman–Crippen MR) is 101 cm³/mol. The molecule has 1 aromatic heterocycles. The van der Waals surface area contributed by atoms with Gasteiger partial charge in [-0.3, -0.25) is 4.79 Å². The monoisotopic (exact) mass is 382 g/mol. The molecule has 1 heterocycles. The van der Waals surface area contributed by atoms with E-state index >= 15 is 0 Å². The summed E-state index contributed by atoms with van der Waals surface area (Å²) >= 11 is 0. The first kappa shape index (κ1) is 19.3. The van der Waals surface area contributed by atoms with Gasteiger partial charge < -0.3 is 19.9 Å². The number of carbonyl (C=O) groups is 1. The molecular formula is C21H19FN2O4. The van der Waals surface area contributed by atoms with Crippen LogP contribution in [0.25, 0.3) is 0 Å². The van der Waals surface area contributed by atoms with Crippen molar-refractivity contribution in [1.82, 2.24) is 10.3 Å². The quantitative estimate of drug-likeness (QED) is 0.655. The van der Waals surface area contributed by atoms with Crippen LogP contribution in [0.4, 0.5) is 4.39 Å². The highest BCUT2D eigenvalue weighted by atomic mass is 19.1. The molecule has 7 heteroatoms. The van der Waals surface area contributed by atoms with E-state index in [1.807, 2.05) is 6.07 Å². The first-order chi connectivity index (χ1) is 13.6. The van der Waals surface area contributed by atoms with Crippen LogP contribution < -0.4 is 14.8 Å². The Kier molecular flexibility index (Phi) is 6.18. The summed E-state index contributed by atoms with van der Waals surface area (Å²) < 4.78 is 24.1. The lowest BCUT2D eigenvalue weighted by atomic mass is 10.1. The number of rotatable bonds is 7. The average molecular weight is 382 g/mol. The minimum absolute atomic E-state index is 0.0927. The minimum Gasteiger partial charge on any atom is -0.493 e. The van der Waals surface area contributed by atoms with Gasteiger partial charge in [0.05, 0.1) is 7.11 Å². The Hall–Kier alpha value is -3.45. The van der Waals surface area contributed by atoms with Gasteiger partial charge in [-0.25, -0.2) is 9.37 Å². The maximum Gasteiger partial charge on any atom is 0.253 e. The molecule has 3 aromatic rings. The van der Waals surface area contributed by atoms with Crippen molar-refractivity contribution < 1.29 is 23.8 Å². The molecule has 1 atom stereocenters. The van der Waals surface area contributed by atoms with E-state index in [1.165, 1.54) is 24.3 Å². The summed E-state index contributed by atoms with van der Waals surface area (Å²) in [5, 5.41) is 12.8. The number of benzene rings is 2. The fourth-order valence-electron chi connectivity index (χ4n) is 2.53. The van der Waals surface area contributed by atoms with Gasteiger partial charge in [-0.1, -0.05) is 30.3 Å². The number of halogens is 1. The smallest absolute Gasteiger partial charge is 0.253 e. The highest BCUT2D eigenvalue weighted by Crippen LogP contribution is 2.31. The summed E-state index contributed by atoms with van der Waals surface area (Å²) in [6.45, 7) is 0.0927. The molecule has 6 nitrogen and oxygen atoms in total. The molecule has 0 aliphatic heterocycles. The summed E-state index contributed by atoms with van der Waals surface area (Å²) in [5.74, 6) is 0.296. The normalized spacial score (nSPS) is 11.5. The number of carbonyl (C=O) groups excluding carboxylic acids is 1. The van der Waals surface area contributed by atoms with Crippen LogP contribution in [0.2, 0.25) is 0 Å². The number of para-hydroxylation sites is 2. The second-order valence-corrected chi connectivity index (χ2v) is 5.89. The number of hydrogen-bond acceptors (Lipinski definition) is 5. The summed E-state index contributed by atoms with van der Waals surface area (Å²) in [4.78, 5) is 16.4. The summed E-state index contributed by atoms with van der Waals surface area (Å²) in [5.41, 5.74) is 0.920. The molecule has 0 aliphatic rings. The van der Waals surface area contributed by atoms with Gasteiger partial charge in [0.25, 0.3) is 5.91 Å². The Balaban J connectivity index is 1.69. The van der Waals surface area contributed by atoms with Crippen LogP contribution in [0.1, 0.15) is 17.2 Å². The molecule has 0 radical (unpaired) electrons. The van der Waals surface area contributed by atoms with E-state index < -0.39 is 17.8 Å². The van der Waals surface area contributed by atoms with Gasteiger partial charge in [0.15, 0.2) is 17.6 Å². The number of aromatic nitrogens is 1. The summed E-state index contributed by atoms with van der Waals surface area (Å²) in [6.07, 6.45) is 0.166. The van der Waals surface area contributed by atoms with Gasteiger partial charge in [0.1, 0.15) is 5.82 Å². The molecule has 0 fully saturated rings. The first-order valence-corrected chi connectivity index (χ1v) is 8.54. The second-order valence-electron chi connectivity index (χ2n) is 5.89. The molecule has 0 saturated carbocycles. The standard InChI is InChI=1S/C21H19FN2O4/c1-27-17-6-2-3-7-18(17)28-21-15(5-4-12-23-21)13-24-20(26)19(25)14-8-10-16(22)11-9-14/h2-12,19,25H,13H2,1H3,(H,24,26)/t19-/m0/s1. The Morgan fingerprint density at radius 2 is 1.82 bits per heavy atom. The zero-order valence-electron chi connectivity index (χ0n) is 15.1. The minimum atomic E-state index is -1.41. The lowest BCUT2D eigenvalue weighted by Gasteiger charge is -2.14. The van der Waals surface area contributed by atoms with Crippen LogP contribution in [0.15, 0.2) is 66.9 Å². The molecule has 0 bridgehead atoms. The maximum atomic E-state index is 13.0. The Morgan fingerprint density at radius 1 is 1.11 bits per heavy atom. The highest BCUT2D eigenvalue weighted by molar-refractivity contribution is 5.81. The molecule has 1 amide bonds. The van der Waals surface area contributed by atoms with Crippen molar-refractivity contribution >= 4 is 5.91 Å². The lowest BCUT2D eigenvalue weighted by molar-refractivity contribution is -0.129. The third-order valence-corrected chi connectivity index (χ3v) is 4.01. The molecule has 144 valence electrons. The van der Waals surface area contributed by atoms with E-state index in [0.717, 1.165) is 0 Å². The summed E-state index contributed by atoms with van der Waals surface area (Å²) in [6, 6.07) is 15.7. The Bertz CT molecular complexity index is 947. The molecule has 28 heavy (non-hydrogen) atoms. The maximum absolute atomic E-state index is 13.0. The Morgan fingerprint density at radius 3 is 2.54 bits per heavy atom. The van der Waals surface area contributed by atoms with Crippen molar-refractivity contribution in [3.63, 3.8) is 0 Å². The number of methoxy groups -OCH3 is 1. The molecule has 2 aromatic carbocycles. The van der Waals surface area contributed by atoms with Gasteiger partial charge in [0, 0.05) is 18.3 Å². The summed E-state index contributed by atoms with van der Waals surface area (Å²) in [7, 11) is 1.54. The molecule has 2 N–H and O–H groups in total. The second kappa shape index (κ2) is 8.96. The number of nitrogens with one attached hydrogen (secondary N) is 1. The van der Waals surface area contributed by atoms with Crippen LogP contribution >= 0.6 is 0 Å². The molecule has 0 saturated heterocycles. The molecule has 0 aliphatic carbocycles. The average Bonchev–Trinajstić information content (AvgIpc) is 2.73. The van der Waals surface area contributed by atoms with Gasteiger partial charge >= 0.3 is 0 Å². The zero-order chi connectivity index (χ0) is 19.9. The number of pyridine rings is 1. The van der Waals surface area contributed by atoms with E-state index in [-0.39, 0.29) is 6.54 Å². The van der Waals surface area contributed by atoms with Gasteiger partial charge in [0.2, 0.25) is 5.88 Å². The van der Waals surface area contributed by atoms with E-state index in [1.54, 1.807) is 43.6 Å². The number of nitrogens with zero attached hydrogens (tertiary/aromatic N) is 1. The molecule has 0 spiro atoms. The zero-order valence-corrected chi connectivity index (χ0v) is 15.1. The molecule has 0 unspecified atom stereocenters. The fourth-order valence-corrected chi connectivity index (χ4v) is 2.53. The van der Waals surface area contributed by atoms with Crippen LogP contribution in [-0.2, 0) is 11.3 Å². The number of aliphatic hydroxyl groups is 1. The van der Waals surface area contributed by atoms with E-state index in [9.17, 15) is 14.3 Å². The van der Waals surface area contributed by atoms with E-state index in [4.69, 9.17) is 9.47 Å². The number of aliphatic hydroxyl groups excluding tert-OH is 1. The van der Waals surface area contributed by atoms with Crippen molar-refractivity contribution in [1.29, 1.82) is 0 Å². The largest absolute Gasteiger partial charge is 0.493 e. The highest BCUT2D eigenvalue weighted by Gasteiger charge is 2.18. The van der Waals surface area contributed by atoms with E-state index in [0.29, 0.717) is 28.5 Å². The van der Waals surface area contributed by atoms with Crippen molar-refractivity contribution in [2.75, 3.05) is 7.11 Å². The van der Waals surface area contributed by atoms with E-state index in [2.05, 4.69) is 10.3 Å². The van der Waals surface area contributed by atoms with Crippen molar-refractivity contribution in [3.8, 4) is 17.4 Å². The molecule has 3 rings (SSSR count). The topological polar surface area (TPSA) is 80.7 Å². The Labute approximate surface area is 161 Å².